The van der Waals surface area contributed by atoms with Crippen LogP contribution in [0.15, 0.2) is 64.2 Å². The lowest BCUT2D eigenvalue weighted by Crippen LogP contribution is -2.50. The van der Waals surface area contributed by atoms with Crippen molar-refractivity contribution in [2.24, 2.45) is 5.92 Å². The number of carbonyl (C=O) groups is 2. The van der Waals surface area contributed by atoms with E-state index in [-0.39, 0.29) is 18.8 Å². The second-order valence-corrected chi connectivity index (χ2v) is 8.60. The van der Waals surface area contributed by atoms with Crippen LogP contribution in [-0.4, -0.2) is 50.8 Å². The number of carbonyl (C=O) groups excluding carboxylic acids is 2. The van der Waals surface area contributed by atoms with Gasteiger partial charge in [-0.1, -0.05) is 42.5 Å². The van der Waals surface area contributed by atoms with Crippen LogP contribution >= 0.6 is 0 Å². The van der Waals surface area contributed by atoms with Crippen LogP contribution in [0.5, 0.6) is 0 Å². The average molecular weight is 495 g/mol. The van der Waals surface area contributed by atoms with E-state index in [0.717, 1.165) is 15.3 Å². The number of ether oxygens (including phenoxy) is 1. The van der Waals surface area contributed by atoms with Crippen LogP contribution in [0, 0.1) is 11.7 Å². The highest BCUT2D eigenvalue weighted by Gasteiger charge is 2.33. The first kappa shape index (κ1) is 25.0. The van der Waals surface area contributed by atoms with Crippen molar-refractivity contribution in [3.63, 3.8) is 0 Å². The van der Waals surface area contributed by atoms with E-state index in [4.69, 9.17) is 4.74 Å². The summed E-state index contributed by atoms with van der Waals surface area (Å²) in [6.45, 7) is 3.95. The Kier molecular flexibility index (Phi) is 7.42. The fraction of sp³-hybridized carbons (Fsp3) is 0.346. The number of esters is 1. The number of benzene rings is 2. The number of hydrogen-bond donors (Lipinski definition) is 0. The summed E-state index contributed by atoms with van der Waals surface area (Å²) >= 11 is 0. The molecule has 36 heavy (non-hydrogen) atoms. The smallest absolute Gasteiger partial charge is 0.352 e. The Morgan fingerprint density at radius 2 is 1.81 bits per heavy atom. The second kappa shape index (κ2) is 10.7. The summed E-state index contributed by atoms with van der Waals surface area (Å²) in [5, 5.41) is 4.04. The van der Waals surface area contributed by atoms with Gasteiger partial charge in [0.15, 0.2) is 0 Å². The highest BCUT2D eigenvalue weighted by atomic mass is 19.1. The molecule has 4 rings (SSSR count). The van der Waals surface area contributed by atoms with Gasteiger partial charge in [0.1, 0.15) is 11.5 Å². The van der Waals surface area contributed by atoms with E-state index in [2.05, 4.69) is 5.10 Å². The molecule has 2 unspecified atom stereocenters. The summed E-state index contributed by atoms with van der Waals surface area (Å²) in [4.78, 5) is 54.1. The van der Waals surface area contributed by atoms with Crippen LogP contribution < -0.4 is 11.2 Å². The van der Waals surface area contributed by atoms with Crippen molar-refractivity contribution in [2.45, 2.75) is 32.7 Å². The molecule has 0 radical (unpaired) electrons. The predicted molar refractivity (Wildman–Crippen MR) is 130 cm³/mol. The monoisotopic (exact) mass is 494 g/mol. The zero-order valence-corrected chi connectivity index (χ0v) is 20.1. The maximum atomic E-state index is 14.7. The molecule has 188 valence electrons. The highest BCUT2D eigenvalue weighted by molar-refractivity contribution is 5.92. The van der Waals surface area contributed by atoms with Crippen LogP contribution in [0.2, 0.25) is 0 Å². The molecule has 10 heteroatoms. The van der Waals surface area contributed by atoms with Crippen LogP contribution in [0.4, 0.5) is 4.39 Å². The van der Waals surface area contributed by atoms with Crippen molar-refractivity contribution < 1.29 is 18.7 Å². The molecule has 1 aliphatic heterocycles. The molecular formula is C26H27FN4O5. The fourth-order valence-corrected chi connectivity index (χ4v) is 4.39. The van der Waals surface area contributed by atoms with Crippen molar-refractivity contribution in [2.75, 3.05) is 19.7 Å². The van der Waals surface area contributed by atoms with E-state index in [0.29, 0.717) is 24.9 Å². The van der Waals surface area contributed by atoms with E-state index in [1.165, 1.54) is 23.1 Å². The third-order valence-electron chi connectivity index (χ3n) is 6.29. The molecule has 0 aliphatic carbocycles. The number of rotatable bonds is 6. The third-order valence-corrected chi connectivity index (χ3v) is 6.29. The van der Waals surface area contributed by atoms with Crippen LogP contribution in [0.3, 0.4) is 0 Å². The Labute approximate surface area is 206 Å². The zero-order valence-electron chi connectivity index (χ0n) is 20.1. The van der Waals surface area contributed by atoms with Crippen molar-refractivity contribution in [1.29, 1.82) is 0 Å². The predicted octanol–water partition coefficient (Wildman–Crippen LogP) is 2.56. The van der Waals surface area contributed by atoms with Gasteiger partial charge in [-0.25, -0.2) is 13.8 Å². The van der Waals surface area contributed by atoms with Crippen LogP contribution in [0.25, 0.3) is 5.69 Å². The van der Waals surface area contributed by atoms with Gasteiger partial charge < -0.3 is 9.64 Å². The molecule has 0 bridgehead atoms. The van der Waals surface area contributed by atoms with Gasteiger partial charge in [0.25, 0.3) is 11.5 Å². The number of halogens is 1. The number of piperidine rings is 1. The van der Waals surface area contributed by atoms with Gasteiger partial charge in [0, 0.05) is 13.1 Å². The molecule has 1 amide bonds. The molecule has 1 fully saturated rings. The first-order valence-corrected chi connectivity index (χ1v) is 11.8. The fourth-order valence-electron chi connectivity index (χ4n) is 4.39. The van der Waals surface area contributed by atoms with Gasteiger partial charge in [-0.3, -0.25) is 14.4 Å². The summed E-state index contributed by atoms with van der Waals surface area (Å²) < 4.78 is 21.4. The van der Waals surface area contributed by atoms with E-state index < -0.39 is 46.6 Å². The number of aromatic nitrogens is 3. The molecule has 9 nitrogen and oxygen atoms in total. The van der Waals surface area contributed by atoms with Gasteiger partial charge in [0.2, 0.25) is 5.69 Å². The van der Waals surface area contributed by atoms with E-state index in [1.807, 2.05) is 0 Å². The van der Waals surface area contributed by atoms with Gasteiger partial charge >= 0.3 is 11.7 Å². The van der Waals surface area contributed by atoms with Gasteiger partial charge in [-0.05, 0) is 44.4 Å². The molecule has 2 heterocycles. The maximum Gasteiger partial charge on any atom is 0.352 e. The topological polar surface area (TPSA) is 104 Å². The van der Waals surface area contributed by atoms with E-state index in [9.17, 15) is 23.6 Å². The quantitative estimate of drug-likeness (QED) is 0.488. The van der Waals surface area contributed by atoms with Crippen molar-refractivity contribution >= 4 is 11.9 Å². The highest BCUT2D eigenvalue weighted by Crippen LogP contribution is 2.20. The summed E-state index contributed by atoms with van der Waals surface area (Å²) in [7, 11) is 0. The summed E-state index contributed by atoms with van der Waals surface area (Å²) in [5.41, 5.74) is -1.81. The Morgan fingerprint density at radius 1 is 1.11 bits per heavy atom. The van der Waals surface area contributed by atoms with Crippen molar-refractivity contribution in [3.05, 3.63) is 92.5 Å². The summed E-state index contributed by atoms with van der Waals surface area (Å²) in [6, 6.07) is 13.6. The molecule has 1 aliphatic rings. The number of hydrogen-bond acceptors (Lipinski definition) is 6. The van der Waals surface area contributed by atoms with E-state index in [1.54, 1.807) is 44.2 Å². The van der Waals surface area contributed by atoms with Crippen molar-refractivity contribution in [1.82, 2.24) is 19.2 Å². The Hall–Kier alpha value is -4.08. The molecule has 2 atom stereocenters. The van der Waals surface area contributed by atoms with Gasteiger partial charge in [-0.2, -0.15) is 9.78 Å². The minimum absolute atomic E-state index is 0.0614. The lowest BCUT2D eigenvalue weighted by atomic mass is 9.98. The normalized spacial score (nSPS) is 16.4. The number of amides is 1. The Morgan fingerprint density at radius 3 is 2.50 bits per heavy atom. The number of likely N-dealkylation sites (tertiary alicyclic amines) is 1. The first-order chi connectivity index (χ1) is 17.3. The maximum absolute atomic E-state index is 14.7. The minimum Gasteiger partial charge on any atom is -0.466 e. The zero-order chi connectivity index (χ0) is 25.8. The molecule has 0 N–H and O–H groups in total. The molecule has 1 aromatic heterocycles. The van der Waals surface area contributed by atoms with Crippen LogP contribution in [-0.2, 0) is 9.53 Å². The Balaban J connectivity index is 1.84. The Bertz CT molecular complexity index is 1390. The molecule has 2 aromatic carbocycles. The minimum atomic E-state index is -0.882. The molecule has 0 spiro atoms. The van der Waals surface area contributed by atoms with Crippen LogP contribution in [0.1, 0.15) is 48.8 Å². The molecule has 3 aromatic rings. The van der Waals surface area contributed by atoms with E-state index >= 15 is 0 Å². The van der Waals surface area contributed by atoms with Gasteiger partial charge in [0.05, 0.1) is 18.6 Å². The SMILES string of the molecule is CCOC(=O)C1CCCN(C(=O)c2nn(-c3ccccc3F)c(=O)n(C(C)c3ccccc3)c2=O)C1. The summed E-state index contributed by atoms with van der Waals surface area (Å²) in [6.07, 6.45) is 1.09. The lowest BCUT2D eigenvalue weighted by Gasteiger charge is -2.31. The van der Waals surface area contributed by atoms with Gasteiger partial charge in [-0.15, -0.1) is 0 Å². The standard InChI is InChI=1S/C26H27FN4O5/c1-3-36-25(34)19-12-9-15-29(16-19)23(32)22-24(33)30(17(2)18-10-5-4-6-11-18)26(35)31(28-22)21-14-8-7-13-20(21)27/h4-8,10-11,13-14,17,19H,3,9,12,15-16H2,1-2H3. The molecular weight excluding hydrogens is 467 g/mol. The lowest BCUT2D eigenvalue weighted by molar-refractivity contribution is -0.149. The molecule has 1 saturated heterocycles. The van der Waals surface area contributed by atoms with Crippen molar-refractivity contribution in [3.8, 4) is 5.69 Å². The summed E-state index contributed by atoms with van der Waals surface area (Å²) in [5.74, 6) is -2.39. The average Bonchev–Trinajstić information content (AvgIpc) is 2.90. The largest absolute Gasteiger partial charge is 0.466 e. The number of para-hydroxylation sites is 1. The third kappa shape index (κ3) is 4.84. The molecule has 0 saturated carbocycles. The second-order valence-electron chi connectivity index (χ2n) is 8.60. The number of nitrogens with zero attached hydrogens (tertiary/aromatic N) is 4. The first-order valence-electron chi connectivity index (χ1n) is 11.8.